The molecule has 128 valence electrons. The van der Waals surface area contributed by atoms with Crippen molar-refractivity contribution >= 4 is 11.7 Å². The molecule has 6 heteroatoms. The van der Waals surface area contributed by atoms with Crippen LogP contribution in [0.3, 0.4) is 0 Å². The molecule has 1 heterocycles. The van der Waals surface area contributed by atoms with E-state index in [1.807, 2.05) is 44.3 Å². The first-order valence-electron chi connectivity index (χ1n) is 8.29. The van der Waals surface area contributed by atoms with E-state index in [4.69, 9.17) is 0 Å². The van der Waals surface area contributed by atoms with Crippen LogP contribution >= 0.6 is 0 Å². The number of aryl methyl sites for hydroxylation is 1. The fourth-order valence-corrected chi connectivity index (χ4v) is 3.37. The molecule has 24 heavy (non-hydrogen) atoms. The van der Waals surface area contributed by atoms with E-state index in [0.29, 0.717) is 5.69 Å². The molecule has 0 bridgehead atoms. The molecule has 1 aliphatic rings. The molecule has 3 N–H and O–H groups in total. The van der Waals surface area contributed by atoms with Gasteiger partial charge in [-0.3, -0.25) is 4.68 Å². The van der Waals surface area contributed by atoms with Crippen molar-refractivity contribution in [2.75, 3.05) is 11.9 Å². The molecule has 2 unspecified atom stereocenters. The molecule has 1 aromatic heterocycles. The summed E-state index contributed by atoms with van der Waals surface area (Å²) >= 11 is 0. The molecular weight excluding hydrogens is 304 g/mol. The molecule has 0 radical (unpaired) electrons. The molecule has 1 saturated carbocycles. The van der Waals surface area contributed by atoms with Gasteiger partial charge in [0.25, 0.3) is 0 Å². The summed E-state index contributed by atoms with van der Waals surface area (Å²) in [6, 6.07) is 9.49. The number of aromatic nitrogens is 2. The van der Waals surface area contributed by atoms with Gasteiger partial charge in [0.05, 0.1) is 12.3 Å². The lowest BCUT2D eigenvalue weighted by Gasteiger charge is -2.30. The summed E-state index contributed by atoms with van der Waals surface area (Å²) in [7, 11) is 1.83. The van der Waals surface area contributed by atoms with E-state index in [2.05, 4.69) is 15.7 Å². The van der Waals surface area contributed by atoms with Crippen molar-refractivity contribution < 1.29 is 9.90 Å². The predicted molar refractivity (Wildman–Crippen MR) is 93.6 cm³/mol. The van der Waals surface area contributed by atoms with Crippen LogP contribution in [0, 0.1) is 5.41 Å². The Morgan fingerprint density at radius 3 is 2.88 bits per heavy atom. The number of nitrogens with zero attached hydrogens (tertiary/aromatic N) is 2. The number of carbonyl (C=O) groups excluding carboxylic acids is 1. The van der Waals surface area contributed by atoms with Crippen LogP contribution in [0.25, 0.3) is 11.3 Å². The third-order valence-electron chi connectivity index (χ3n) is 4.87. The Kier molecular flexibility index (Phi) is 4.57. The van der Waals surface area contributed by atoms with Gasteiger partial charge < -0.3 is 15.7 Å². The maximum atomic E-state index is 12.4. The molecule has 0 aliphatic heterocycles. The first-order chi connectivity index (χ1) is 11.5. The number of hydrogen-bond acceptors (Lipinski definition) is 3. The van der Waals surface area contributed by atoms with E-state index < -0.39 is 0 Å². The zero-order chi connectivity index (χ0) is 17.2. The van der Waals surface area contributed by atoms with Gasteiger partial charge in [-0.2, -0.15) is 5.10 Å². The SMILES string of the molecule is Cn1cc(NC(=O)NC2CCCC2(C)CO)c(-c2ccccc2)n1. The number of aliphatic hydroxyl groups excluding tert-OH is 1. The minimum atomic E-state index is -0.258. The Balaban J connectivity index is 1.74. The lowest BCUT2D eigenvalue weighted by Crippen LogP contribution is -2.46. The van der Waals surface area contributed by atoms with Crippen LogP contribution in [0.1, 0.15) is 26.2 Å². The van der Waals surface area contributed by atoms with Gasteiger partial charge in [-0.25, -0.2) is 4.79 Å². The maximum Gasteiger partial charge on any atom is 0.319 e. The molecular formula is C18H24N4O2. The molecule has 2 aromatic rings. The number of aliphatic hydroxyl groups is 1. The van der Waals surface area contributed by atoms with Gasteiger partial charge in [0.15, 0.2) is 0 Å². The van der Waals surface area contributed by atoms with Gasteiger partial charge in [0, 0.05) is 30.3 Å². The van der Waals surface area contributed by atoms with Crippen LogP contribution in [0.5, 0.6) is 0 Å². The van der Waals surface area contributed by atoms with Gasteiger partial charge in [-0.1, -0.05) is 43.7 Å². The first-order valence-corrected chi connectivity index (χ1v) is 8.29. The Morgan fingerprint density at radius 1 is 1.42 bits per heavy atom. The Hall–Kier alpha value is -2.34. The highest BCUT2D eigenvalue weighted by Crippen LogP contribution is 2.37. The number of nitrogens with one attached hydrogen (secondary N) is 2. The molecule has 1 aromatic carbocycles. The van der Waals surface area contributed by atoms with Crippen LogP contribution < -0.4 is 10.6 Å². The Morgan fingerprint density at radius 2 is 2.17 bits per heavy atom. The van der Waals surface area contributed by atoms with Crippen LogP contribution in [0.15, 0.2) is 36.5 Å². The van der Waals surface area contributed by atoms with E-state index >= 15 is 0 Å². The largest absolute Gasteiger partial charge is 0.396 e. The van der Waals surface area contributed by atoms with Crippen molar-refractivity contribution in [3.63, 3.8) is 0 Å². The summed E-state index contributed by atoms with van der Waals surface area (Å²) in [4.78, 5) is 12.4. The van der Waals surface area contributed by atoms with E-state index in [-0.39, 0.29) is 24.1 Å². The zero-order valence-electron chi connectivity index (χ0n) is 14.1. The lowest BCUT2D eigenvalue weighted by molar-refractivity contribution is 0.122. The summed E-state index contributed by atoms with van der Waals surface area (Å²) in [5.41, 5.74) is 2.12. The minimum Gasteiger partial charge on any atom is -0.396 e. The number of hydrogen-bond donors (Lipinski definition) is 3. The van der Waals surface area contributed by atoms with Crippen molar-refractivity contribution in [3.8, 4) is 11.3 Å². The number of urea groups is 1. The third-order valence-corrected chi connectivity index (χ3v) is 4.87. The van der Waals surface area contributed by atoms with Crippen LogP contribution in [-0.4, -0.2) is 33.6 Å². The highest BCUT2D eigenvalue weighted by Gasteiger charge is 2.39. The maximum absolute atomic E-state index is 12.4. The van der Waals surface area contributed by atoms with Gasteiger partial charge >= 0.3 is 6.03 Å². The minimum absolute atomic E-state index is 0.0145. The second-order valence-electron chi connectivity index (χ2n) is 6.79. The van der Waals surface area contributed by atoms with E-state index in [0.717, 1.165) is 30.5 Å². The quantitative estimate of drug-likeness (QED) is 0.807. The Labute approximate surface area is 141 Å². The van der Waals surface area contributed by atoms with Crippen molar-refractivity contribution in [2.24, 2.45) is 12.5 Å². The molecule has 2 atom stereocenters. The number of carbonyl (C=O) groups is 1. The predicted octanol–water partition coefficient (Wildman–Crippen LogP) is 2.76. The van der Waals surface area contributed by atoms with Gasteiger partial charge in [-0.05, 0) is 12.8 Å². The summed E-state index contributed by atoms with van der Waals surface area (Å²) in [5.74, 6) is 0. The molecule has 0 spiro atoms. The second-order valence-corrected chi connectivity index (χ2v) is 6.79. The van der Waals surface area contributed by atoms with Crippen molar-refractivity contribution in [3.05, 3.63) is 36.5 Å². The highest BCUT2D eigenvalue weighted by atomic mass is 16.3. The lowest BCUT2D eigenvalue weighted by atomic mass is 9.86. The van der Waals surface area contributed by atoms with Crippen molar-refractivity contribution in [1.82, 2.24) is 15.1 Å². The van der Waals surface area contributed by atoms with Crippen LogP contribution in [0.2, 0.25) is 0 Å². The monoisotopic (exact) mass is 328 g/mol. The number of anilines is 1. The highest BCUT2D eigenvalue weighted by molar-refractivity contribution is 5.93. The standard InChI is InChI=1S/C18H24N4O2/c1-18(12-23)10-6-9-15(18)20-17(24)19-14-11-22(2)21-16(14)13-7-4-3-5-8-13/h3-5,7-8,11,15,23H,6,9-10,12H2,1-2H3,(H2,19,20,24). The van der Waals surface area contributed by atoms with Gasteiger partial charge in [0.2, 0.25) is 0 Å². The second kappa shape index (κ2) is 6.65. The topological polar surface area (TPSA) is 79.2 Å². The molecule has 1 aliphatic carbocycles. The van der Waals surface area contributed by atoms with Crippen molar-refractivity contribution in [2.45, 2.75) is 32.2 Å². The van der Waals surface area contributed by atoms with Crippen molar-refractivity contribution in [1.29, 1.82) is 0 Å². The first kappa shape index (κ1) is 16.5. The normalized spacial score (nSPS) is 23.2. The molecule has 0 saturated heterocycles. The van der Waals surface area contributed by atoms with E-state index in [9.17, 15) is 9.90 Å². The average Bonchev–Trinajstić information content (AvgIpc) is 3.12. The average molecular weight is 328 g/mol. The van der Waals surface area contributed by atoms with E-state index in [1.165, 1.54) is 0 Å². The number of benzene rings is 1. The smallest absolute Gasteiger partial charge is 0.319 e. The summed E-state index contributed by atoms with van der Waals surface area (Å²) in [5, 5.41) is 20.0. The summed E-state index contributed by atoms with van der Waals surface area (Å²) < 4.78 is 1.69. The fraction of sp³-hybridized carbons (Fsp3) is 0.444. The van der Waals surface area contributed by atoms with Crippen LogP contribution in [-0.2, 0) is 7.05 Å². The summed E-state index contributed by atoms with van der Waals surface area (Å²) in [6.07, 6.45) is 4.63. The number of amides is 2. The van der Waals surface area contributed by atoms with Crippen LogP contribution in [0.4, 0.5) is 10.5 Å². The molecule has 3 rings (SSSR count). The zero-order valence-corrected chi connectivity index (χ0v) is 14.1. The Bertz CT molecular complexity index is 713. The molecule has 2 amide bonds. The fourth-order valence-electron chi connectivity index (χ4n) is 3.37. The van der Waals surface area contributed by atoms with Gasteiger partial charge in [-0.15, -0.1) is 0 Å². The molecule has 6 nitrogen and oxygen atoms in total. The van der Waals surface area contributed by atoms with Gasteiger partial charge in [0.1, 0.15) is 5.69 Å². The summed E-state index contributed by atoms with van der Waals surface area (Å²) in [6.45, 7) is 2.10. The number of rotatable bonds is 4. The third kappa shape index (κ3) is 3.28. The molecule has 1 fully saturated rings. The van der Waals surface area contributed by atoms with E-state index in [1.54, 1.807) is 10.9 Å².